The van der Waals surface area contributed by atoms with Crippen LogP contribution in [-0.4, -0.2) is 40.8 Å². The SMILES string of the molecule is CC(C)(CO)CCCNC(=O)NCCc1nc2ccccc2[nH]1. The molecule has 0 fully saturated rings. The zero-order valence-electron chi connectivity index (χ0n) is 13.9. The number of aromatic amines is 1. The molecule has 0 aliphatic heterocycles. The van der Waals surface area contributed by atoms with Crippen LogP contribution in [0.15, 0.2) is 24.3 Å². The molecular formula is C17H26N4O2. The fourth-order valence-corrected chi connectivity index (χ4v) is 2.33. The third kappa shape index (κ3) is 5.56. The van der Waals surface area contributed by atoms with Gasteiger partial charge in [-0.1, -0.05) is 26.0 Å². The fraction of sp³-hybridized carbons (Fsp3) is 0.529. The second-order valence-corrected chi connectivity index (χ2v) is 6.56. The average molecular weight is 318 g/mol. The van der Waals surface area contributed by atoms with Crippen LogP contribution < -0.4 is 10.6 Å². The number of hydrogen-bond acceptors (Lipinski definition) is 3. The number of para-hydroxylation sites is 2. The maximum absolute atomic E-state index is 11.7. The van der Waals surface area contributed by atoms with Gasteiger partial charge in [0.25, 0.3) is 0 Å². The third-order valence-electron chi connectivity index (χ3n) is 3.83. The lowest BCUT2D eigenvalue weighted by Crippen LogP contribution is -2.37. The van der Waals surface area contributed by atoms with Gasteiger partial charge in [-0.05, 0) is 30.4 Å². The quantitative estimate of drug-likeness (QED) is 0.563. The molecule has 0 atom stereocenters. The molecule has 126 valence electrons. The Balaban J connectivity index is 1.63. The Kier molecular flexibility index (Phi) is 5.98. The molecule has 0 aliphatic carbocycles. The number of imidazole rings is 1. The highest BCUT2D eigenvalue weighted by Gasteiger charge is 2.15. The Morgan fingerprint density at radius 2 is 2.00 bits per heavy atom. The number of amides is 2. The summed E-state index contributed by atoms with van der Waals surface area (Å²) in [4.78, 5) is 19.4. The van der Waals surface area contributed by atoms with E-state index in [1.165, 1.54) is 0 Å². The van der Waals surface area contributed by atoms with Gasteiger partial charge in [0.05, 0.1) is 11.0 Å². The number of aliphatic hydroxyl groups is 1. The van der Waals surface area contributed by atoms with Crippen LogP contribution in [0.2, 0.25) is 0 Å². The maximum Gasteiger partial charge on any atom is 0.314 e. The summed E-state index contributed by atoms with van der Waals surface area (Å²) in [6.45, 7) is 5.34. The van der Waals surface area contributed by atoms with Crippen molar-refractivity contribution in [3.63, 3.8) is 0 Å². The molecule has 0 aliphatic rings. The smallest absolute Gasteiger partial charge is 0.314 e. The van der Waals surface area contributed by atoms with Crippen molar-refractivity contribution < 1.29 is 9.90 Å². The zero-order chi connectivity index (χ0) is 16.7. The molecule has 0 radical (unpaired) electrons. The average Bonchev–Trinajstić information content (AvgIpc) is 2.94. The Bertz CT molecular complexity index is 603. The molecule has 2 amide bonds. The van der Waals surface area contributed by atoms with Crippen LogP contribution in [0.25, 0.3) is 11.0 Å². The molecule has 2 rings (SSSR count). The molecule has 6 heteroatoms. The van der Waals surface area contributed by atoms with Gasteiger partial charge in [-0.25, -0.2) is 9.78 Å². The first kappa shape index (κ1) is 17.3. The molecule has 23 heavy (non-hydrogen) atoms. The molecule has 0 saturated heterocycles. The topological polar surface area (TPSA) is 90.0 Å². The van der Waals surface area contributed by atoms with Crippen LogP contribution >= 0.6 is 0 Å². The molecule has 2 aromatic rings. The summed E-state index contributed by atoms with van der Waals surface area (Å²) >= 11 is 0. The van der Waals surface area contributed by atoms with E-state index in [2.05, 4.69) is 20.6 Å². The number of fused-ring (bicyclic) bond motifs is 1. The van der Waals surface area contributed by atoms with E-state index in [0.717, 1.165) is 29.7 Å². The van der Waals surface area contributed by atoms with E-state index >= 15 is 0 Å². The summed E-state index contributed by atoms with van der Waals surface area (Å²) in [6, 6.07) is 7.71. The lowest BCUT2D eigenvalue weighted by atomic mass is 9.89. The number of carbonyl (C=O) groups excluding carboxylic acids is 1. The third-order valence-corrected chi connectivity index (χ3v) is 3.83. The number of rotatable bonds is 8. The molecule has 0 unspecified atom stereocenters. The van der Waals surface area contributed by atoms with E-state index in [9.17, 15) is 9.90 Å². The highest BCUT2D eigenvalue weighted by atomic mass is 16.3. The first-order valence-corrected chi connectivity index (χ1v) is 8.06. The summed E-state index contributed by atoms with van der Waals surface area (Å²) in [6.07, 6.45) is 2.40. The second kappa shape index (κ2) is 7.97. The number of benzene rings is 1. The summed E-state index contributed by atoms with van der Waals surface area (Å²) < 4.78 is 0. The molecule has 4 N–H and O–H groups in total. The van der Waals surface area contributed by atoms with E-state index in [1.54, 1.807) is 0 Å². The fourth-order valence-electron chi connectivity index (χ4n) is 2.33. The standard InChI is InChI=1S/C17H26N4O2/c1-17(2,12-22)9-5-10-18-16(23)19-11-8-15-20-13-6-3-4-7-14(13)21-15/h3-4,6-7,22H,5,8-12H2,1-2H3,(H,20,21)(H2,18,19,23). The Hall–Kier alpha value is -2.08. The highest BCUT2D eigenvalue weighted by Crippen LogP contribution is 2.20. The van der Waals surface area contributed by atoms with E-state index in [4.69, 9.17) is 0 Å². The van der Waals surface area contributed by atoms with Gasteiger partial charge in [-0.15, -0.1) is 0 Å². The molecule has 0 bridgehead atoms. The maximum atomic E-state index is 11.7. The minimum Gasteiger partial charge on any atom is -0.396 e. The monoisotopic (exact) mass is 318 g/mol. The number of nitrogens with one attached hydrogen (secondary N) is 3. The zero-order valence-corrected chi connectivity index (χ0v) is 13.9. The van der Waals surface area contributed by atoms with Crippen LogP contribution in [0, 0.1) is 5.41 Å². The van der Waals surface area contributed by atoms with Gasteiger partial charge in [0.15, 0.2) is 0 Å². The molecule has 0 spiro atoms. The van der Waals surface area contributed by atoms with Crippen molar-refractivity contribution in [2.75, 3.05) is 19.7 Å². The number of carbonyl (C=O) groups is 1. The van der Waals surface area contributed by atoms with Gasteiger partial charge < -0.3 is 20.7 Å². The Morgan fingerprint density at radius 1 is 1.26 bits per heavy atom. The van der Waals surface area contributed by atoms with Crippen molar-refractivity contribution in [1.29, 1.82) is 0 Å². The van der Waals surface area contributed by atoms with Crippen molar-refractivity contribution >= 4 is 17.1 Å². The van der Waals surface area contributed by atoms with Crippen LogP contribution in [0.5, 0.6) is 0 Å². The number of H-pyrrole nitrogens is 1. The minimum atomic E-state index is -0.164. The van der Waals surface area contributed by atoms with Crippen LogP contribution in [0.4, 0.5) is 4.79 Å². The van der Waals surface area contributed by atoms with Gasteiger partial charge in [-0.2, -0.15) is 0 Å². The van der Waals surface area contributed by atoms with Gasteiger partial charge in [0, 0.05) is 26.1 Å². The van der Waals surface area contributed by atoms with Gasteiger partial charge in [0.2, 0.25) is 0 Å². The summed E-state index contributed by atoms with van der Waals surface area (Å²) in [5.74, 6) is 0.871. The van der Waals surface area contributed by atoms with Crippen LogP contribution in [-0.2, 0) is 6.42 Å². The predicted molar refractivity (Wildman–Crippen MR) is 91.3 cm³/mol. The van der Waals surface area contributed by atoms with E-state index < -0.39 is 0 Å². The normalized spacial score (nSPS) is 11.6. The predicted octanol–water partition coefficient (Wildman–Crippen LogP) is 2.20. The summed E-state index contributed by atoms with van der Waals surface area (Å²) in [5.41, 5.74) is 1.87. The lowest BCUT2D eigenvalue weighted by molar-refractivity contribution is 0.148. The highest BCUT2D eigenvalue weighted by molar-refractivity contribution is 5.75. The molecule has 1 heterocycles. The number of hydrogen-bond donors (Lipinski definition) is 4. The number of urea groups is 1. The first-order chi connectivity index (χ1) is 11.0. The molecule has 0 saturated carbocycles. The molecule has 1 aromatic heterocycles. The Morgan fingerprint density at radius 3 is 2.74 bits per heavy atom. The van der Waals surface area contributed by atoms with Crippen molar-refractivity contribution in [1.82, 2.24) is 20.6 Å². The van der Waals surface area contributed by atoms with E-state index in [1.807, 2.05) is 38.1 Å². The first-order valence-electron chi connectivity index (χ1n) is 8.06. The lowest BCUT2D eigenvalue weighted by Gasteiger charge is -2.21. The van der Waals surface area contributed by atoms with Crippen LogP contribution in [0.1, 0.15) is 32.5 Å². The van der Waals surface area contributed by atoms with Crippen molar-refractivity contribution in [3.8, 4) is 0 Å². The van der Waals surface area contributed by atoms with Crippen molar-refractivity contribution in [2.45, 2.75) is 33.1 Å². The van der Waals surface area contributed by atoms with E-state index in [0.29, 0.717) is 19.5 Å². The van der Waals surface area contributed by atoms with Gasteiger partial charge >= 0.3 is 6.03 Å². The molecular weight excluding hydrogens is 292 g/mol. The number of nitrogens with zero attached hydrogens (tertiary/aromatic N) is 1. The van der Waals surface area contributed by atoms with E-state index in [-0.39, 0.29) is 18.1 Å². The summed E-state index contributed by atoms with van der Waals surface area (Å²) in [7, 11) is 0. The van der Waals surface area contributed by atoms with Crippen LogP contribution in [0.3, 0.4) is 0 Å². The summed E-state index contributed by atoms with van der Waals surface area (Å²) in [5, 5.41) is 14.8. The largest absolute Gasteiger partial charge is 0.396 e. The minimum absolute atomic E-state index is 0.0839. The molecule has 6 nitrogen and oxygen atoms in total. The number of aromatic nitrogens is 2. The molecule has 1 aromatic carbocycles. The van der Waals surface area contributed by atoms with Crippen molar-refractivity contribution in [3.05, 3.63) is 30.1 Å². The van der Waals surface area contributed by atoms with Gasteiger partial charge in [0.1, 0.15) is 5.82 Å². The number of aliphatic hydroxyl groups excluding tert-OH is 1. The van der Waals surface area contributed by atoms with Crippen molar-refractivity contribution in [2.24, 2.45) is 5.41 Å². The Labute approximate surface area is 136 Å². The van der Waals surface area contributed by atoms with Gasteiger partial charge in [-0.3, -0.25) is 0 Å². The second-order valence-electron chi connectivity index (χ2n) is 6.56.